The SMILES string of the molecule is CC(=O)Nc1ccc(NC(=O)COC(=O)Cn2ccccc2=O)cc1. The lowest BCUT2D eigenvalue weighted by Crippen LogP contribution is -2.26. The van der Waals surface area contributed by atoms with E-state index in [0.29, 0.717) is 11.4 Å². The number of nitrogens with one attached hydrogen (secondary N) is 2. The zero-order chi connectivity index (χ0) is 18.2. The maximum absolute atomic E-state index is 11.8. The van der Waals surface area contributed by atoms with Gasteiger partial charge in [-0.15, -0.1) is 0 Å². The highest BCUT2D eigenvalue weighted by atomic mass is 16.5. The van der Waals surface area contributed by atoms with Crippen LogP contribution in [0.3, 0.4) is 0 Å². The van der Waals surface area contributed by atoms with Crippen molar-refractivity contribution < 1.29 is 19.1 Å². The summed E-state index contributed by atoms with van der Waals surface area (Å²) in [5.41, 5.74) is 0.767. The van der Waals surface area contributed by atoms with E-state index in [0.717, 1.165) is 0 Å². The van der Waals surface area contributed by atoms with Crippen molar-refractivity contribution in [3.05, 3.63) is 59.0 Å². The standard InChI is InChI=1S/C17H17N3O5/c1-12(21)18-13-5-7-14(8-6-13)19-15(22)11-25-17(24)10-20-9-3-2-4-16(20)23/h2-9H,10-11H2,1H3,(H,18,21)(H,19,22). The highest BCUT2D eigenvalue weighted by Gasteiger charge is 2.09. The van der Waals surface area contributed by atoms with Gasteiger partial charge < -0.3 is 19.9 Å². The number of ether oxygens (including phenoxy) is 1. The number of carbonyl (C=O) groups excluding carboxylic acids is 3. The second-order valence-electron chi connectivity index (χ2n) is 5.13. The Labute approximate surface area is 143 Å². The van der Waals surface area contributed by atoms with E-state index in [1.54, 1.807) is 36.4 Å². The van der Waals surface area contributed by atoms with Gasteiger partial charge in [0.05, 0.1) is 0 Å². The summed E-state index contributed by atoms with van der Waals surface area (Å²) >= 11 is 0. The van der Waals surface area contributed by atoms with Gasteiger partial charge in [0.1, 0.15) is 6.54 Å². The summed E-state index contributed by atoms with van der Waals surface area (Å²) in [5, 5.41) is 5.16. The van der Waals surface area contributed by atoms with Crippen LogP contribution in [0.1, 0.15) is 6.92 Å². The molecule has 0 spiro atoms. The largest absolute Gasteiger partial charge is 0.454 e. The van der Waals surface area contributed by atoms with Crippen molar-refractivity contribution in [2.75, 3.05) is 17.2 Å². The fourth-order valence-electron chi connectivity index (χ4n) is 1.96. The first kappa shape index (κ1) is 17.9. The third kappa shape index (κ3) is 5.94. The van der Waals surface area contributed by atoms with Crippen molar-refractivity contribution in [1.82, 2.24) is 4.57 Å². The predicted octanol–water partition coefficient (Wildman–Crippen LogP) is 0.989. The van der Waals surface area contributed by atoms with Crippen LogP contribution in [0, 0.1) is 0 Å². The van der Waals surface area contributed by atoms with Crippen molar-refractivity contribution in [1.29, 1.82) is 0 Å². The topological polar surface area (TPSA) is 106 Å². The summed E-state index contributed by atoms with van der Waals surface area (Å²) in [5.74, 6) is -1.40. The molecule has 130 valence electrons. The highest BCUT2D eigenvalue weighted by Crippen LogP contribution is 2.13. The third-order valence-corrected chi connectivity index (χ3v) is 3.05. The predicted molar refractivity (Wildman–Crippen MR) is 91.0 cm³/mol. The first-order chi connectivity index (χ1) is 11.9. The Balaban J connectivity index is 1.80. The normalized spacial score (nSPS) is 9.96. The number of esters is 1. The summed E-state index contributed by atoms with van der Waals surface area (Å²) in [4.78, 5) is 45.8. The molecule has 8 nitrogen and oxygen atoms in total. The maximum atomic E-state index is 11.8. The molecule has 0 saturated carbocycles. The summed E-state index contributed by atoms with van der Waals surface area (Å²) in [6.45, 7) is 0.666. The third-order valence-electron chi connectivity index (χ3n) is 3.05. The number of benzene rings is 1. The maximum Gasteiger partial charge on any atom is 0.326 e. The van der Waals surface area contributed by atoms with Crippen molar-refractivity contribution in [3.63, 3.8) is 0 Å². The number of pyridine rings is 1. The first-order valence-electron chi connectivity index (χ1n) is 7.42. The van der Waals surface area contributed by atoms with E-state index >= 15 is 0 Å². The molecule has 0 bridgehead atoms. The number of hydrogen-bond donors (Lipinski definition) is 2. The molecule has 2 rings (SSSR count). The number of amides is 2. The zero-order valence-electron chi connectivity index (χ0n) is 13.5. The van der Waals surface area contributed by atoms with E-state index in [2.05, 4.69) is 10.6 Å². The lowest BCUT2D eigenvalue weighted by molar-refractivity contribution is -0.147. The summed E-state index contributed by atoms with van der Waals surface area (Å²) < 4.78 is 6.03. The molecule has 0 unspecified atom stereocenters. The van der Waals surface area contributed by atoms with Crippen molar-refractivity contribution in [2.24, 2.45) is 0 Å². The second-order valence-corrected chi connectivity index (χ2v) is 5.13. The van der Waals surface area contributed by atoms with Crippen LogP contribution in [0.5, 0.6) is 0 Å². The van der Waals surface area contributed by atoms with E-state index in [4.69, 9.17) is 4.74 Å². The number of rotatable bonds is 6. The van der Waals surface area contributed by atoms with E-state index in [1.807, 2.05) is 0 Å². The lowest BCUT2D eigenvalue weighted by atomic mass is 10.2. The Hall–Kier alpha value is -3.42. The average molecular weight is 343 g/mol. The van der Waals surface area contributed by atoms with Crippen LogP contribution in [-0.2, 0) is 25.7 Å². The Morgan fingerprint density at radius 1 is 1.00 bits per heavy atom. The molecular weight excluding hydrogens is 326 g/mol. The summed E-state index contributed by atoms with van der Waals surface area (Å²) in [7, 11) is 0. The van der Waals surface area contributed by atoms with Gasteiger partial charge in [-0.2, -0.15) is 0 Å². The second kappa shape index (κ2) is 8.44. The number of hydrogen-bond acceptors (Lipinski definition) is 5. The molecule has 1 aromatic carbocycles. The van der Waals surface area contributed by atoms with Crippen molar-refractivity contribution in [3.8, 4) is 0 Å². The van der Waals surface area contributed by atoms with Crippen LogP contribution in [-0.4, -0.2) is 29.0 Å². The first-order valence-corrected chi connectivity index (χ1v) is 7.42. The molecule has 25 heavy (non-hydrogen) atoms. The summed E-state index contributed by atoms with van der Waals surface area (Å²) in [6, 6.07) is 11.0. The van der Waals surface area contributed by atoms with E-state index in [-0.39, 0.29) is 18.0 Å². The monoisotopic (exact) mass is 343 g/mol. The van der Waals surface area contributed by atoms with E-state index < -0.39 is 18.5 Å². The molecule has 2 N–H and O–H groups in total. The minimum Gasteiger partial charge on any atom is -0.454 e. The molecule has 0 aliphatic rings. The van der Waals surface area contributed by atoms with Crippen LogP contribution in [0.15, 0.2) is 53.5 Å². The molecule has 1 aromatic heterocycles. The molecule has 1 heterocycles. The molecule has 2 aromatic rings. The van der Waals surface area contributed by atoms with Crippen LogP contribution in [0.4, 0.5) is 11.4 Å². The Bertz CT molecular complexity index is 827. The van der Waals surface area contributed by atoms with Gasteiger partial charge >= 0.3 is 5.97 Å². The van der Waals surface area contributed by atoms with Gasteiger partial charge in [0.15, 0.2) is 6.61 Å². The number of aromatic nitrogens is 1. The van der Waals surface area contributed by atoms with Gasteiger partial charge in [-0.1, -0.05) is 6.07 Å². The van der Waals surface area contributed by atoms with E-state index in [9.17, 15) is 19.2 Å². The molecule has 8 heteroatoms. The lowest BCUT2D eigenvalue weighted by Gasteiger charge is -2.08. The van der Waals surface area contributed by atoms with Crippen molar-refractivity contribution in [2.45, 2.75) is 13.5 Å². The van der Waals surface area contributed by atoms with Crippen LogP contribution < -0.4 is 16.2 Å². The van der Waals surface area contributed by atoms with Gasteiger partial charge in [0, 0.05) is 30.6 Å². The Kier molecular flexibility index (Phi) is 6.05. The van der Waals surface area contributed by atoms with Gasteiger partial charge in [-0.3, -0.25) is 19.2 Å². The van der Waals surface area contributed by atoms with Gasteiger partial charge in [0.25, 0.3) is 11.5 Å². The minimum atomic E-state index is -0.690. The molecule has 0 saturated heterocycles. The van der Waals surface area contributed by atoms with E-state index in [1.165, 1.54) is 23.8 Å². The number of anilines is 2. The molecular formula is C17H17N3O5. The molecule has 0 aliphatic heterocycles. The Morgan fingerprint density at radius 2 is 1.64 bits per heavy atom. The zero-order valence-corrected chi connectivity index (χ0v) is 13.5. The smallest absolute Gasteiger partial charge is 0.326 e. The molecule has 0 atom stereocenters. The minimum absolute atomic E-state index is 0.193. The number of carbonyl (C=O) groups is 3. The fourth-order valence-corrected chi connectivity index (χ4v) is 1.96. The van der Waals surface area contributed by atoms with Gasteiger partial charge in [0.2, 0.25) is 5.91 Å². The van der Waals surface area contributed by atoms with Gasteiger partial charge in [-0.05, 0) is 30.3 Å². The van der Waals surface area contributed by atoms with Crippen molar-refractivity contribution >= 4 is 29.2 Å². The number of nitrogens with zero attached hydrogens (tertiary/aromatic N) is 1. The molecule has 2 amide bonds. The molecule has 0 aliphatic carbocycles. The summed E-state index contributed by atoms with van der Waals surface area (Å²) in [6.07, 6.45) is 1.46. The van der Waals surface area contributed by atoms with Gasteiger partial charge in [-0.25, -0.2) is 0 Å². The highest BCUT2D eigenvalue weighted by molar-refractivity contribution is 5.93. The quantitative estimate of drug-likeness (QED) is 0.761. The van der Waals surface area contributed by atoms with Crippen LogP contribution >= 0.6 is 0 Å². The van der Waals surface area contributed by atoms with Crippen LogP contribution in [0.2, 0.25) is 0 Å². The average Bonchev–Trinajstić information content (AvgIpc) is 2.56. The molecule has 0 fully saturated rings. The fraction of sp³-hybridized carbons (Fsp3) is 0.176. The van der Waals surface area contributed by atoms with Crippen LogP contribution in [0.25, 0.3) is 0 Å². The Morgan fingerprint density at radius 3 is 2.24 bits per heavy atom. The molecule has 0 radical (unpaired) electrons.